The van der Waals surface area contributed by atoms with Gasteiger partial charge in [-0.2, -0.15) is 4.98 Å². The van der Waals surface area contributed by atoms with Gasteiger partial charge in [0.05, 0.1) is 11.5 Å². The predicted octanol–water partition coefficient (Wildman–Crippen LogP) is 2.30. The Labute approximate surface area is 142 Å². The van der Waals surface area contributed by atoms with E-state index in [0.29, 0.717) is 24.7 Å². The summed E-state index contributed by atoms with van der Waals surface area (Å²) in [7, 11) is -2.91. The van der Waals surface area contributed by atoms with Crippen LogP contribution in [0.15, 0.2) is 30.3 Å². The maximum Gasteiger partial charge on any atom is 0.225 e. The summed E-state index contributed by atoms with van der Waals surface area (Å²) in [4.78, 5) is 8.84. The number of benzene rings is 1. The van der Waals surface area contributed by atoms with Crippen molar-refractivity contribution >= 4 is 21.6 Å². The molecule has 1 aromatic heterocycles. The molecule has 2 N–H and O–H groups in total. The highest BCUT2D eigenvalue weighted by molar-refractivity contribution is 7.91. The van der Waals surface area contributed by atoms with Crippen LogP contribution in [0.1, 0.15) is 23.2 Å². The van der Waals surface area contributed by atoms with Crippen molar-refractivity contribution in [1.29, 1.82) is 0 Å². The highest BCUT2D eigenvalue weighted by Crippen LogP contribution is 2.18. The smallest absolute Gasteiger partial charge is 0.225 e. The molecule has 0 aliphatic carbocycles. The van der Waals surface area contributed by atoms with E-state index in [0.717, 1.165) is 11.3 Å². The minimum atomic E-state index is -2.91. The first kappa shape index (κ1) is 16.7. The molecule has 7 heteroatoms. The van der Waals surface area contributed by atoms with Crippen molar-refractivity contribution in [2.75, 3.05) is 22.1 Å². The summed E-state index contributed by atoms with van der Waals surface area (Å²) in [6, 6.07) is 10.0. The molecule has 24 heavy (non-hydrogen) atoms. The minimum Gasteiger partial charge on any atom is -0.366 e. The average Bonchev–Trinajstić information content (AvgIpc) is 2.85. The number of rotatable bonds is 5. The number of aryl methyl sites for hydroxylation is 2. The maximum absolute atomic E-state index is 11.6. The second kappa shape index (κ2) is 6.76. The lowest BCUT2D eigenvalue weighted by Crippen LogP contribution is -2.21. The summed E-state index contributed by atoms with van der Waals surface area (Å²) < 4.78 is 23.1. The van der Waals surface area contributed by atoms with Gasteiger partial charge in [-0.25, -0.2) is 13.4 Å². The highest BCUT2D eigenvalue weighted by Gasteiger charge is 2.28. The van der Waals surface area contributed by atoms with E-state index in [1.807, 2.05) is 13.0 Å². The van der Waals surface area contributed by atoms with Crippen LogP contribution in [-0.4, -0.2) is 35.9 Å². The molecule has 1 unspecified atom stereocenters. The van der Waals surface area contributed by atoms with E-state index < -0.39 is 9.84 Å². The van der Waals surface area contributed by atoms with Gasteiger partial charge in [0.2, 0.25) is 5.95 Å². The Balaban J connectivity index is 1.66. The molecule has 2 aromatic rings. The van der Waals surface area contributed by atoms with Gasteiger partial charge in [0.15, 0.2) is 9.84 Å². The first-order valence-electron chi connectivity index (χ1n) is 8.02. The predicted molar refractivity (Wildman–Crippen MR) is 96.0 cm³/mol. The molecule has 0 spiro atoms. The number of anilines is 2. The minimum absolute atomic E-state index is 0.0748. The highest BCUT2D eigenvalue weighted by atomic mass is 32.2. The van der Waals surface area contributed by atoms with Crippen LogP contribution in [0, 0.1) is 13.8 Å². The van der Waals surface area contributed by atoms with E-state index in [-0.39, 0.29) is 17.5 Å². The summed E-state index contributed by atoms with van der Waals surface area (Å²) in [5, 5.41) is 6.44. The number of sulfone groups is 1. The molecular weight excluding hydrogens is 324 g/mol. The summed E-state index contributed by atoms with van der Waals surface area (Å²) in [6.07, 6.45) is 0.623. The van der Waals surface area contributed by atoms with Gasteiger partial charge in [-0.1, -0.05) is 29.8 Å². The van der Waals surface area contributed by atoms with Crippen LogP contribution in [0.4, 0.5) is 11.8 Å². The van der Waals surface area contributed by atoms with Gasteiger partial charge < -0.3 is 10.6 Å². The number of hydrogen-bond donors (Lipinski definition) is 2. The Morgan fingerprint density at radius 1 is 1.17 bits per heavy atom. The van der Waals surface area contributed by atoms with Crippen LogP contribution >= 0.6 is 0 Å². The fraction of sp³-hybridized carbons (Fsp3) is 0.412. The molecule has 0 radical (unpaired) electrons. The van der Waals surface area contributed by atoms with E-state index in [1.54, 1.807) is 0 Å². The third-order valence-corrected chi connectivity index (χ3v) is 5.78. The zero-order valence-corrected chi connectivity index (χ0v) is 14.7. The first-order valence-corrected chi connectivity index (χ1v) is 9.84. The molecule has 0 saturated carbocycles. The lowest BCUT2D eigenvalue weighted by Gasteiger charge is -2.13. The first-order chi connectivity index (χ1) is 11.4. The van der Waals surface area contributed by atoms with Crippen LogP contribution in [-0.2, 0) is 16.4 Å². The van der Waals surface area contributed by atoms with E-state index in [2.05, 4.69) is 51.8 Å². The van der Waals surface area contributed by atoms with Gasteiger partial charge in [0.25, 0.3) is 0 Å². The average molecular weight is 346 g/mol. The molecule has 3 rings (SSSR count). The lowest BCUT2D eigenvalue weighted by molar-refractivity contribution is 0.602. The molecule has 1 aromatic carbocycles. The normalized spacial score (nSPS) is 19.2. The molecule has 1 atom stereocenters. The third-order valence-electron chi connectivity index (χ3n) is 4.01. The Bertz CT molecular complexity index is 819. The van der Waals surface area contributed by atoms with Crippen LogP contribution in [0.5, 0.6) is 0 Å². The molecule has 2 heterocycles. The Morgan fingerprint density at radius 3 is 2.58 bits per heavy atom. The fourth-order valence-corrected chi connectivity index (χ4v) is 4.40. The van der Waals surface area contributed by atoms with Gasteiger partial charge in [-0.3, -0.25) is 0 Å². The number of nitrogens with one attached hydrogen (secondary N) is 2. The molecule has 1 saturated heterocycles. The third kappa shape index (κ3) is 4.44. The molecule has 1 aliphatic heterocycles. The molecule has 1 fully saturated rings. The fourth-order valence-electron chi connectivity index (χ4n) is 2.73. The summed E-state index contributed by atoms with van der Waals surface area (Å²) >= 11 is 0. The summed E-state index contributed by atoms with van der Waals surface area (Å²) in [5.41, 5.74) is 3.21. The van der Waals surface area contributed by atoms with Crippen molar-refractivity contribution in [3.8, 4) is 0 Å². The second-order valence-corrected chi connectivity index (χ2v) is 8.53. The van der Waals surface area contributed by atoms with Gasteiger partial charge in [-0.05, 0) is 25.8 Å². The standard InChI is InChI=1S/C17H22N4O2S/c1-12-3-5-14(6-4-12)10-18-17-19-13(2)9-16(21-17)20-15-7-8-24(22,23)11-15/h3-6,9,15H,7-8,10-11H2,1-2H3,(H2,18,19,20,21). The number of hydrogen-bond acceptors (Lipinski definition) is 6. The zero-order chi connectivity index (χ0) is 17.2. The molecule has 1 aliphatic rings. The largest absolute Gasteiger partial charge is 0.366 e. The molecule has 0 amide bonds. The van der Waals surface area contributed by atoms with Crippen molar-refractivity contribution in [3.63, 3.8) is 0 Å². The van der Waals surface area contributed by atoms with Gasteiger partial charge >= 0.3 is 0 Å². The molecule has 128 valence electrons. The summed E-state index contributed by atoms with van der Waals surface area (Å²) in [6.45, 7) is 4.60. The van der Waals surface area contributed by atoms with E-state index in [9.17, 15) is 8.42 Å². The Kier molecular flexibility index (Phi) is 4.71. The lowest BCUT2D eigenvalue weighted by atomic mass is 10.1. The second-order valence-electron chi connectivity index (χ2n) is 6.30. The number of nitrogens with zero attached hydrogens (tertiary/aromatic N) is 2. The van der Waals surface area contributed by atoms with Crippen molar-refractivity contribution in [3.05, 3.63) is 47.2 Å². The van der Waals surface area contributed by atoms with E-state index >= 15 is 0 Å². The topological polar surface area (TPSA) is 84.0 Å². The Hall–Kier alpha value is -2.15. The quantitative estimate of drug-likeness (QED) is 0.864. The van der Waals surface area contributed by atoms with Gasteiger partial charge in [0.1, 0.15) is 5.82 Å². The van der Waals surface area contributed by atoms with Gasteiger partial charge in [0, 0.05) is 24.3 Å². The molecule has 0 bridgehead atoms. The zero-order valence-electron chi connectivity index (χ0n) is 13.9. The maximum atomic E-state index is 11.6. The van der Waals surface area contributed by atoms with Crippen molar-refractivity contribution in [1.82, 2.24) is 9.97 Å². The van der Waals surface area contributed by atoms with Crippen LogP contribution in [0.2, 0.25) is 0 Å². The summed E-state index contributed by atoms with van der Waals surface area (Å²) in [5.74, 6) is 1.62. The van der Waals surface area contributed by atoms with Crippen LogP contribution < -0.4 is 10.6 Å². The van der Waals surface area contributed by atoms with Crippen molar-refractivity contribution in [2.24, 2.45) is 0 Å². The van der Waals surface area contributed by atoms with Crippen molar-refractivity contribution < 1.29 is 8.42 Å². The van der Waals surface area contributed by atoms with Crippen LogP contribution in [0.3, 0.4) is 0 Å². The molecular formula is C17H22N4O2S. The van der Waals surface area contributed by atoms with Gasteiger partial charge in [-0.15, -0.1) is 0 Å². The van der Waals surface area contributed by atoms with E-state index in [4.69, 9.17) is 0 Å². The van der Waals surface area contributed by atoms with E-state index in [1.165, 1.54) is 5.56 Å². The molecule has 6 nitrogen and oxygen atoms in total. The van der Waals surface area contributed by atoms with Crippen LogP contribution in [0.25, 0.3) is 0 Å². The Morgan fingerprint density at radius 2 is 1.92 bits per heavy atom. The number of aromatic nitrogens is 2. The SMILES string of the molecule is Cc1ccc(CNc2nc(C)cc(NC3CCS(=O)(=O)C3)n2)cc1. The monoisotopic (exact) mass is 346 g/mol. The van der Waals surface area contributed by atoms with Crippen molar-refractivity contribution in [2.45, 2.75) is 32.9 Å².